The van der Waals surface area contributed by atoms with Crippen LogP contribution in [-0.4, -0.2) is 18.9 Å². The number of aromatic nitrogens is 4. The van der Waals surface area contributed by atoms with E-state index >= 15 is 0 Å². The zero-order chi connectivity index (χ0) is 28.9. The van der Waals surface area contributed by atoms with Crippen LogP contribution in [0.4, 0.5) is 11.4 Å². The maximum absolute atomic E-state index is 12.4. The maximum Gasteiger partial charge on any atom is 0.270 e. The largest absolute Gasteiger partial charge is 0.311 e. The Kier molecular flexibility index (Phi) is 8.03. The van der Waals surface area contributed by atoms with Crippen LogP contribution >= 0.6 is 11.7 Å². The van der Waals surface area contributed by atoms with Gasteiger partial charge in [-0.2, -0.15) is 8.75 Å². The highest BCUT2D eigenvalue weighted by Crippen LogP contribution is 2.36. The highest BCUT2D eigenvalue weighted by molar-refractivity contribution is 7.00. The molecule has 0 unspecified atom stereocenters. The number of nitrogens with zero attached hydrogens (tertiary/aromatic N) is 3. The fourth-order valence-corrected chi connectivity index (χ4v) is 5.27. The van der Waals surface area contributed by atoms with Crippen molar-refractivity contribution in [2.75, 3.05) is 4.90 Å². The first-order chi connectivity index (χ1) is 19.9. The average Bonchev–Trinajstić information content (AvgIpc) is 3.50. The Morgan fingerprint density at radius 1 is 0.902 bits per heavy atom. The van der Waals surface area contributed by atoms with Crippen molar-refractivity contribution in [3.63, 3.8) is 0 Å². The van der Waals surface area contributed by atoms with Crippen LogP contribution in [0.5, 0.6) is 0 Å². The topological polar surface area (TPSA) is 94.7 Å². The minimum absolute atomic E-state index is 0.326. The van der Waals surface area contributed by atoms with E-state index in [-0.39, 0.29) is 11.1 Å². The Labute approximate surface area is 241 Å². The van der Waals surface area contributed by atoms with Crippen LogP contribution in [0.3, 0.4) is 0 Å². The summed E-state index contributed by atoms with van der Waals surface area (Å²) in [5.41, 5.74) is 8.16. The lowest BCUT2D eigenvalue weighted by Crippen LogP contribution is -2.23. The number of rotatable bonds is 8. The summed E-state index contributed by atoms with van der Waals surface area (Å²) in [5, 5.41) is 4.75. The molecule has 0 spiro atoms. The lowest BCUT2D eigenvalue weighted by atomic mass is 9.97. The van der Waals surface area contributed by atoms with E-state index in [1.54, 1.807) is 13.0 Å². The summed E-state index contributed by atoms with van der Waals surface area (Å²) < 4.78 is 9.20. The highest BCUT2D eigenvalue weighted by Gasteiger charge is 2.16. The van der Waals surface area contributed by atoms with Gasteiger partial charge in [0.1, 0.15) is 11.0 Å². The van der Waals surface area contributed by atoms with Crippen LogP contribution in [0, 0.1) is 6.92 Å². The number of hydrogen-bond donors (Lipinski definition) is 2. The van der Waals surface area contributed by atoms with Crippen LogP contribution in [0.2, 0.25) is 0 Å². The molecule has 3 aromatic carbocycles. The zero-order valence-electron chi connectivity index (χ0n) is 23.0. The fraction of sp³-hybridized carbons (Fsp3) is 0.0909. The van der Waals surface area contributed by atoms with Crippen LogP contribution in [0.15, 0.2) is 113 Å². The first-order valence-corrected chi connectivity index (χ1v) is 13.8. The summed E-state index contributed by atoms with van der Waals surface area (Å²) in [6, 6.07) is 22.5. The van der Waals surface area contributed by atoms with Crippen LogP contribution in [0.25, 0.3) is 33.8 Å². The van der Waals surface area contributed by atoms with E-state index in [0.717, 1.165) is 62.1 Å². The van der Waals surface area contributed by atoms with Crippen LogP contribution < -0.4 is 16.0 Å². The second-order valence-electron chi connectivity index (χ2n) is 9.44. The van der Waals surface area contributed by atoms with E-state index < -0.39 is 0 Å². The molecule has 0 saturated heterocycles. The molecule has 41 heavy (non-hydrogen) atoms. The van der Waals surface area contributed by atoms with Gasteiger partial charge in [0.2, 0.25) is 0 Å². The Bertz CT molecular complexity index is 1930. The molecule has 0 aliphatic carbocycles. The summed E-state index contributed by atoms with van der Waals surface area (Å²) in [6.45, 7) is 9.56. The van der Waals surface area contributed by atoms with Crippen molar-refractivity contribution in [3.8, 4) is 11.1 Å². The van der Waals surface area contributed by atoms with E-state index in [4.69, 9.17) is 0 Å². The van der Waals surface area contributed by atoms with Gasteiger partial charge in [-0.3, -0.25) is 19.8 Å². The van der Waals surface area contributed by atoms with Crippen molar-refractivity contribution in [1.29, 1.82) is 0 Å². The molecule has 0 aliphatic heterocycles. The minimum atomic E-state index is -0.351. The standard InChI is InChI=1S/C33H29N5O2S/c1-5-7-11-24(6-2)38(25-12-9-8-10-13-25)26-16-14-23(15-17-26)28-19-18-27(30-31(28)37-41-36-30)21(3)20-29-22(4)32(39)34-35-33(29)40/h5-20H,2H2,1,3-4H3,(H,34,39)(H,35,40)/b7-5-,21-20+,24-11+. The quantitative estimate of drug-likeness (QED) is 0.193. The molecule has 2 heterocycles. The molecule has 2 aromatic heterocycles. The molecular formula is C33H29N5O2S. The smallest absolute Gasteiger partial charge is 0.270 e. The molecular weight excluding hydrogens is 530 g/mol. The summed E-state index contributed by atoms with van der Waals surface area (Å²) in [4.78, 5) is 26.6. The lowest BCUT2D eigenvalue weighted by molar-refractivity contribution is 0.929. The summed E-state index contributed by atoms with van der Waals surface area (Å²) >= 11 is 1.14. The van der Waals surface area contributed by atoms with E-state index in [1.165, 1.54) is 0 Å². The minimum Gasteiger partial charge on any atom is -0.311 e. The molecule has 5 rings (SSSR count). The van der Waals surface area contributed by atoms with Gasteiger partial charge < -0.3 is 4.90 Å². The fourth-order valence-electron chi connectivity index (χ4n) is 4.70. The number of anilines is 2. The maximum atomic E-state index is 12.4. The van der Waals surface area contributed by atoms with Crippen molar-refractivity contribution in [1.82, 2.24) is 18.9 Å². The van der Waals surface area contributed by atoms with Gasteiger partial charge in [0.15, 0.2) is 0 Å². The normalized spacial score (nSPS) is 12.3. The van der Waals surface area contributed by atoms with Gasteiger partial charge in [-0.25, -0.2) is 0 Å². The number of aromatic amines is 2. The van der Waals surface area contributed by atoms with Gasteiger partial charge in [-0.1, -0.05) is 61.2 Å². The molecule has 0 atom stereocenters. The summed E-state index contributed by atoms with van der Waals surface area (Å²) in [5.74, 6) is 0. The number of fused-ring (bicyclic) bond motifs is 1. The predicted molar refractivity (Wildman–Crippen MR) is 170 cm³/mol. The SMILES string of the molecule is C=C/C(=C\C=C/C)N(c1ccccc1)c1ccc(-c2ccc(/C(C)=C/c3c(C)c(=O)[nH][nH]c3=O)c3nsnc23)cc1. The molecule has 8 heteroatoms. The van der Waals surface area contributed by atoms with Crippen LogP contribution in [-0.2, 0) is 0 Å². The third-order valence-corrected chi connectivity index (χ3v) is 7.39. The Hall–Kier alpha value is -5.08. The molecule has 7 nitrogen and oxygen atoms in total. The number of hydrogen-bond acceptors (Lipinski definition) is 6. The molecule has 0 bridgehead atoms. The summed E-state index contributed by atoms with van der Waals surface area (Å²) in [7, 11) is 0. The third kappa shape index (κ3) is 5.50. The van der Waals surface area contributed by atoms with Gasteiger partial charge >= 0.3 is 0 Å². The first-order valence-electron chi connectivity index (χ1n) is 13.1. The van der Waals surface area contributed by atoms with Crippen molar-refractivity contribution < 1.29 is 0 Å². The number of H-pyrrole nitrogens is 2. The van der Waals surface area contributed by atoms with Gasteiger partial charge in [-0.15, -0.1) is 0 Å². The Morgan fingerprint density at radius 2 is 1.59 bits per heavy atom. The van der Waals surface area contributed by atoms with E-state index in [2.05, 4.69) is 66.8 Å². The zero-order valence-corrected chi connectivity index (χ0v) is 23.8. The van der Waals surface area contributed by atoms with Crippen molar-refractivity contribution in [2.24, 2.45) is 0 Å². The number of allylic oxidation sites excluding steroid dienone is 5. The van der Waals surface area contributed by atoms with Gasteiger partial charge in [-0.05, 0) is 74.4 Å². The Balaban J connectivity index is 1.55. The second kappa shape index (κ2) is 12.0. The molecule has 0 radical (unpaired) electrons. The van der Waals surface area contributed by atoms with Crippen LogP contribution in [0.1, 0.15) is 30.5 Å². The molecule has 0 saturated carbocycles. The average molecular weight is 560 g/mol. The van der Waals surface area contributed by atoms with Crippen molar-refractivity contribution >= 4 is 45.8 Å². The number of nitrogens with one attached hydrogen (secondary N) is 2. The highest BCUT2D eigenvalue weighted by atomic mass is 32.1. The second-order valence-corrected chi connectivity index (χ2v) is 9.96. The van der Waals surface area contributed by atoms with E-state index in [9.17, 15) is 9.59 Å². The predicted octanol–water partition coefficient (Wildman–Crippen LogP) is 7.39. The number of para-hydroxylation sites is 1. The molecule has 0 amide bonds. The van der Waals surface area contributed by atoms with Crippen molar-refractivity contribution in [3.05, 3.63) is 141 Å². The molecule has 2 N–H and O–H groups in total. The molecule has 5 aromatic rings. The molecule has 0 aliphatic rings. The van der Waals surface area contributed by atoms with Gasteiger partial charge in [0.05, 0.1) is 11.7 Å². The lowest BCUT2D eigenvalue weighted by Gasteiger charge is -2.26. The molecule has 204 valence electrons. The molecule has 0 fully saturated rings. The first kappa shape index (κ1) is 27.5. The van der Waals surface area contributed by atoms with Crippen molar-refractivity contribution in [2.45, 2.75) is 20.8 Å². The monoisotopic (exact) mass is 559 g/mol. The summed E-state index contributed by atoms with van der Waals surface area (Å²) in [6.07, 6.45) is 9.60. The van der Waals surface area contributed by atoms with E-state index in [1.807, 2.05) is 68.5 Å². The third-order valence-electron chi connectivity index (χ3n) is 6.86. The van der Waals surface area contributed by atoms with Gasteiger partial charge in [0.25, 0.3) is 11.1 Å². The van der Waals surface area contributed by atoms with Gasteiger partial charge in [0, 0.05) is 39.3 Å². The Morgan fingerprint density at radius 3 is 2.29 bits per heavy atom. The number of benzene rings is 3. The van der Waals surface area contributed by atoms with E-state index in [0.29, 0.717) is 11.1 Å².